The number of methoxy groups -OCH3 is 4. The minimum atomic E-state index is -0.520. The zero-order valence-corrected chi connectivity index (χ0v) is 18.8. The first-order chi connectivity index (χ1) is 16.0. The lowest BCUT2D eigenvalue weighted by Gasteiger charge is -2.07. The Morgan fingerprint density at radius 1 is 0.697 bits per heavy atom. The fourth-order valence-corrected chi connectivity index (χ4v) is 2.52. The Morgan fingerprint density at radius 3 is 1.45 bits per heavy atom. The van der Waals surface area contributed by atoms with Gasteiger partial charge in [-0.05, 0) is 47.5 Å². The standard InChI is InChI=1S/C22H26N4O7/c1-29-17-7-5-15(9-19(17)31-3)11-23-25-21(27)13-33-14-22(28)26-24-12-16-6-8-18(30-2)20(10-16)32-4/h5-12H,13-14H2,1-4H3,(H,25,27)(H,26,28)/b23-11-,24-12-. The predicted octanol–water partition coefficient (Wildman–Crippen LogP) is 1.34. The van der Waals surface area contributed by atoms with E-state index in [-0.39, 0.29) is 13.2 Å². The Hall–Kier alpha value is -4.12. The molecule has 33 heavy (non-hydrogen) atoms. The van der Waals surface area contributed by atoms with E-state index in [1.807, 2.05) is 0 Å². The van der Waals surface area contributed by atoms with E-state index in [2.05, 4.69) is 21.1 Å². The number of benzene rings is 2. The molecule has 0 saturated carbocycles. The number of nitrogens with zero attached hydrogens (tertiary/aromatic N) is 2. The van der Waals surface area contributed by atoms with Crippen molar-refractivity contribution in [3.8, 4) is 23.0 Å². The van der Waals surface area contributed by atoms with E-state index in [0.717, 1.165) is 0 Å². The summed E-state index contributed by atoms with van der Waals surface area (Å²) in [4.78, 5) is 23.5. The molecule has 0 atom stereocenters. The molecule has 11 heteroatoms. The van der Waals surface area contributed by atoms with Crippen molar-refractivity contribution in [1.29, 1.82) is 0 Å². The number of rotatable bonds is 12. The second-order valence-electron chi connectivity index (χ2n) is 6.31. The summed E-state index contributed by atoms with van der Waals surface area (Å²) in [5, 5.41) is 7.67. The topological polar surface area (TPSA) is 129 Å². The van der Waals surface area contributed by atoms with Crippen molar-refractivity contribution in [3.63, 3.8) is 0 Å². The molecule has 2 rings (SSSR count). The lowest BCUT2D eigenvalue weighted by atomic mass is 10.2. The van der Waals surface area contributed by atoms with Crippen molar-refractivity contribution in [2.45, 2.75) is 0 Å². The fourth-order valence-electron chi connectivity index (χ4n) is 2.52. The molecule has 0 aliphatic heterocycles. The summed E-state index contributed by atoms with van der Waals surface area (Å²) < 4.78 is 25.8. The largest absolute Gasteiger partial charge is 0.493 e. The second kappa shape index (κ2) is 13.3. The molecular formula is C22H26N4O7. The average molecular weight is 458 g/mol. The van der Waals surface area contributed by atoms with Gasteiger partial charge in [0, 0.05) is 0 Å². The highest BCUT2D eigenvalue weighted by Gasteiger charge is 2.06. The van der Waals surface area contributed by atoms with Crippen LogP contribution in [0.15, 0.2) is 46.6 Å². The third-order valence-electron chi connectivity index (χ3n) is 4.09. The van der Waals surface area contributed by atoms with Crippen molar-refractivity contribution in [1.82, 2.24) is 10.9 Å². The van der Waals surface area contributed by atoms with Crippen molar-refractivity contribution >= 4 is 24.2 Å². The van der Waals surface area contributed by atoms with Crippen LogP contribution >= 0.6 is 0 Å². The number of amides is 2. The third kappa shape index (κ3) is 8.15. The van der Waals surface area contributed by atoms with Crippen LogP contribution < -0.4 is 29.8 Å². The van der Waals surface area contributed by atoms with Gasteiger partial charge < -0.3 is 23.7 Å². The lowest BCUT2D eigenvalue weighted by Crippen LogP contribution is -2.28. The molecular weight excluding hydrogens is 432 g/mol. The van der Waals surface area contributed by atoms with Crippen LogP contribution in [0.25, 0.3) is 0 Å². The Balaban J connectivity index is 1.71. The monoisotopic (exact) mass is 458 g/mol. The number of carbonyl (C=O) groups excluding carboxylic acids is 2. The Labute approximate surface area is 191 Å². The summed E-state index contributed by atoms with van der Waals surface area (Å²) in [6.45, 7) is -0.702. The summed E-state index contributed by atoms with van der Waals surface area (Å²) in [5.74, 6) is 1.20. The van der Waals surface area contributed by atoms with Crippen molar-refractivity contribution in [3.05, 3.63) is 47.5 Å². The maximum atomic E-state index is 11.8. The van der Waals surface area contributed by atoms with Crippen LogP contribution in [0, 0.1) is 0 Å². The van der Waals surface area contributed by atoms with Crippen LogP contribution in [0.4, 0.5) is 0 Å². The molecule has 0 saturated heterocycles. The second-order valence-corrected chi connectivity index (χ2v) is 6.31. The van der Waals surface area contributed by atoms with Gasteiger partial charge in [-0.25, -0.2) is 10.9 Å². The maximum Gasteiger partial charge on any atom is 0.266 e. The van der Waals surface area contributed by atoms with E-state index in [9.17, 15) is 9.59 Å². The van der Waals surface area contributed by atoms with E-state index >= 15 is 0 Å². The third-order valence-corrected chi connectivity index (χ3v) is 4.09. The molecule has 0 aliphatic carbocycles. The SMILES string of the molecule is COc1ccc(/C=N\NC(=O)COCC(=O)N/N=C\c2ccc(OC)c(OC)c2)cc1OC. The number of hydrogen-bond donors (Lipinski definition) is 2. The summed E-state index contributed by atoms with van der Waals surface area (Å²) >= 11 is 0. The Morgan fingerprint density at radius 2 is 1.09 bits per heavy atom. The molecule has 176 valence electrons. The van der Waals surface area contributed by atoms with Gasteiger partial charge in [0.15, 0.2) is 23.0 Å². The van der Waals surface area contributed by atoms with Crippen molar-refractivity contribution < 1.29 is 33.3 Å². The zero-order valence-electron chi connectivity index (χ0n) is 18.8. The van der Waals surface area contributed by atoms with Gasteiger partial charge in [0.2, 0.25) is 0 Å². The quantitative estimate of drug-likeness (QED) is 0.363. The summed E-state index contributed by atoms with van der Waals surface area (Å²) in [6, 6.07) is 10.4. The normalized spacial score (nSPS) is 10.8. The summed E-state index contributed by atoms with van der Waals surface area (Å²) in [6.07, 6.45) is 2.88. The molecule has 2 amide bonds. The molecule has 2 aromatic rings. The van der Waals surface area contributed by atoms with Gasteiger partial charge in [0.1, 0.15) is 13.2 Å². The highest BCUT2D eigenvalue weighted by atomic mass is 16.5. The first-order valence-electron chi connectivity index (χ1n) is 9.66. The van der Waals surface area contributed by atoms with Gasteiger partial charge in [-0.1, -0.05) is 0 Å². The minimum absolute atomic E-state index is 0.351. The van der Waals surface area contributed by atoms with Crippen molar-refractivity contribution in [2.24, 2.45) is 10.2 Å². The van der Waals surface area contributed by atoms with Crippen LogP contribution in [0.3, 0.4) is 0 Å². The number of nitrogens with one attached hydrogen (secondary N) is 2. The average Bonchev–Trinajstić information content (AvgIpc) is 2.83. The van der Waals surface area contributed by atoms with Crippen molar-refractivity contribution in [2.75, 3.05) is 41.7 Å². The van der Waals surface area contributed by atoms with Gasteiger partial charge in [-0.15, -0.1) is 0 Å². The van der Waals surface area contributed by atoms with Gasteiger partial charge >= 0.3 is 0 Å². The Kier molecular flexibility index (Phi) is 10.2. The van der Waals surface area contributed by atoms with Gasteiger partial charge in [-0.2, -0.15) is 10.2 Å². The first-order valence-corrected chi connectivity index (χ1v) is 9.66. The molecule has 0 spiro atoms. The molecule has 0 heterocycles. The first kappa shape index (κ1) is 25.1. The van der Waals surface area contributed by atoms with E-state index in [1.165, 1.54) is 40.9 Å². The molecule has 0 radical (unpaired) electrons. The number of carbonyl (C=O) groups is 2. The molecule has 11 nitrogen and oxygen atoms in total. The van der Waals surface area contributed by atoms with Crippen LogP contribution in [0.1, 0.15) is 11.1 Å². The summed E-state index contributed by atoms with van der Waals surface area (Å²) in [5.41, 5.74) is 6.00. The van der Waals surface area contributed by atoms with Crippen LogP contribution in [0.2, 0.25) is 0 Å². The highest BCUT2D eigenvalue weighted by Crippen LogP contribution is 2.27. The van der Waals surface area contributed by atoms with Gasteiger partial charge in [0.25, 0.3) is 11.8 Å². The van der Waals surface area contributed by atoms with E-state index < -0.39 is 11.8 Å². The number of hydrazone groups is 2. The molecule has 0 aliphatic rings. The van der Waals surface area contributed by atoms with Crippen LogP contribution in [-0.2, 0) is 14.3 Å². The molecule has 0 unspecified atom stereocenters. The smallest absolute Gasteiger partial charge is 0.266 e. The van der Waals surface area contributed by atoms with Crippen LogP contribution in [-0.4, -0.2) is 65.9 Å². The zero-order chi connectivity index (χ0) is 24.1. The van der Waals surface area contributed by atoms with Crippen LogP contribution in [0.5, 0.6) is 23.0 Å². The molecule has 0 bridgehead atoms. The molecule has 0 aromatic heterocycles. The minimum Gasteiger partial charge on any atom is -0.493 e. The van der Waals surface area contributed by atoms with E-state index in [1.54, 1.807) is 36.4 Å². The van der Waals surface area contributed by atoms with Gasteiger partial charge in [-0.3, -0.25) is 9.59 Å². The molecule has 2 N–H and O–H groups in total. The Bertz CT molecular complexity index is 929. The maximum absolute atomic E-state index is 11.8. The van der Waals surface area contributed by atoms with Gasteiger partial charge in [0.05, 0.1) is 40.9 Å². The predicted molar refractivity (Wildman–Crippen MR) is 121 cm³/mol. The fraction of sp³-hybridized carbons (Fsp3) is 0.273. The molecule has 0 fully saturated rings. The van der Waals surface area contributed by atoms with E-state index in [0.29, 0.717) is 34.1 Å². The number of hydrogen-bond acceptors (Lipinski definition) is 9. The number of ether oxygens (including phenoxy) is 5. The lowest BCUT2D eigenvalue weighted by molar-refractivity contribution is -0.130. The summed E-state index contributed by atoms with van der Waals surface area (Å²) in [7, 11) is 6.12. The highest BCUT2D eigenvalue weighted by molar-refractivity contribution is 5.85. The molecule has 2 aromatic carbocycles. The van der Waals surface area contributed by atoms with E-state index in [4.69, 9.17) is 23.7 Å².